The molecule has 1 aliphatic carbocycles. The second-order valence-electron chi connectivity index (χ2n) is 5.51. The molecule has 1 aliphatic heterocycles. The summed E-state index contributed by atoms with van der Waals surface area (Å²) in [6.45, 7) is 1.80. The summed E-state index contributed by atoms with van der Waals surface area (Å²) in [4.78, 5) is 20.7. The maximum absolute atomic E-state index is 11.7. The van der Waals surface area contributed by atoms with Crippen LogP contribution in [0.15, 0.2) is 11.1 Å². The fourth-order valence-corrected chi connectivity index (χ4v) is 3.48. The third-order valence-corrected chi connectivity index (χ3v) is 4.45. The molecule has 1 saturated carbocycles. The summed E-state index contributed by atoms with van der Waals surface area (Å²) >= 11 is 0. The van der Waals surface area contributed by atoms with E-state index in [9.17, 15) is 4.79 Å². The second kappa shape index (κ2) is 4.85. The van der Waals surface area contributed by atoms with Gasteiger partial charge in [0.15, 0.2) is 5.82 Å². The fraction of sp³-hybridized carbons (Fsp3) is 0.692. The molecule has 0 bridgehead atoms. The van der Waals surface area contributed by atoms with E-state index in [0.717, 1.165) is 19.5 Å². The molecule has 0 spiro atoms. The van der Waals surface area contributed by atoms with Crippen LogP contribution in [0, 0.1) is 11.8 Å². The third-order valence-electron chi connectivity index (χ3n) is 4.45. The third kappa shape index (κ3) is 2.10. The van der Waals surface area contributed by atoms with E-state index in [-0.39, 0.29) is 11.6 Å². The first-order valence-electron chi connectivity index (χ1n) is 6.83. The standard InChI is InChI=1S/C13H20N4O2/c1-19-11-12(15-7-16-13(11)18)17-5-8-3-2-4-10(14)9(8)6-17/h7-10H,2-6,14H2,1H3,(H,15,16,18). The van der Waals surface area contributed by atoms with Crippen molar-refractivity contribution in [2.45, 2.75) is 25.3 Å². The number of nitrogens with one attached hydrogen (secondary N) is 1. The van der Waals surface area contributed by atoms with Crippen molar-refractivity contribution in [1.29, 1.82) is 0 Å². The van der Waals surface area contributed by atoms with Crippen molar-refractivity contribution in [2.75, 3.05) is 25.1 Å². The molecule has 3 unspecified atom stereocenters. The van der Waals surface area contributed by atoms with Crippen molar-refractivity contribution in [1.82, 2.24) is 9.97 Å². The maximum atomic E-state index is 11.7. The number of rotatable bonds is 2. The Bertz CT molecular complexity index is 516. The highest BCUT2D eigenvalue weighted by atomic mass is 16.5. The summed E-state index contributed by atoms with van der Waals surface area (Å²) in [6, 6.07) is 0.275. The van der Waals surface area contributed by atoms with Crippen LogP contribution in [0.5, 0.6) is 5.75 Å². The minimum atomic E-state index is -0.230. The lowest BCUT2D eigenvalue weighted by Crippen LogP contribution is -2.38. The minimum Gasteiger partial charge on any atom is -0.489 e. The van der Waals surface area contributed by atoms with E-state index in [4.69, 9.17) is 10.5 Å². The molecule has 1 aromatic heterocycles. The predicted octanol–water partition coefficient (Wildman–Crippen LogP) is 0.342. The highest BCUT2D eigenvalue weighted by molar-refractivity contribution is 5.51. The molecule has 1 saturated heterocycles. The Balaban J connectivity index is 1.88. The molecular formula is C13H20N4O2. The molecule has 3 N–H and O–H groups in total. The van der Waals surface area contributed by atoms with Crippen LogP contribution in [0.1, 0.15) is 19.3 Å². The summed E-state index contributed by atoms with van der Waals surface area (Å²) in [6.07, 6.45) is 4.97. The molecule has 6 heteroatoms. The van der Waals surface area contributed by atoms with Crippen molar-refractivity contribution < 1.29 is 4.74 Å². The number of hydrogen-bond acceptors (Lipinski definition) is 5. The Hall–Kier alpha value is -1.56. The van der Waals surface area contributed by atoms with Gasteiger partial charge in [-0.25, -0.2) is 4.98 Å². The first-order chi connectivity index (χ1) is 9.20. The van der Waals surface area contributed by atoms with E-state index < -0.39 is 0 Å². The van der Waals surface area contributed by atoms with Gasteiger partial charge in [0.2, 0.25) is 5.75 Å². The molecule has 3 atom stereocenters. The van der Waals surface area contributed by atoms with Crippen LogP contribution < -0.4 is 20.9 Å². The lowest BCUT2D eigenvalue weighted by molar-refractivity contribution is 0.260. The highest BCUT2D eigenvalue weighted by Gasteiger charge is 2.40. The largest absolute Gasteiger partial charge is 0.489 e. The predicted molar refractivity (Wildman–Crippen MR) is 72.4 cm³/mol. The zero-order valence-corrected chi connectivity index (χ0v) is 11.1. The van der Waals surface area contributed by atoms with Gasteiger partial charge in [0.05, 0.1) is 13.4 Å². The normalized spacial score (nSPS) is 30.2. The smallest absolute Gasteiger partial charge is 0.295 e. The highest BCUT2D eigenvalue weighted by Crippen LogP contribution is 2.38. The van der Waals surface area contributed by atoms with Gasteiger partial charge < -0.3 is 20.4 Å². The van der Waals surface area contributed by atoms with Crippen molar-refractivity contribution in [3.05, 3.63) is 16.7 Å². The van der Waals surface area contributed by atoms with Crippen LogP contribution in [0.25, 0.3) is 0 Å². The summed E-state index contributed by atoms with van der Waals surface area (Å²) < 4.78 is 5.19. The molecule has 104 valence electrons. The first-order valence-corrected chi connectivity index (χ1v) is 6.83. The molecule has 2 heterocycles. The van der Waals surface area contributed by atoms with Gasteiger partial charge in [-0.15, -0.1) is 0 Å². The van der Waals surface area contributed by atoms with Crippen LogP contribution in [0.2, 0.25) is 0 Å². The lowest BCUT2D eigenvalue weighted by atomic mass is 9.78. The van der Waals surface area contributed by atoms with Crippen molar-refractivity contribution in [2.24, 2.45) is 17.6 Å². The molecule has 3 rings (SSSR count). The average Bonchev–Trinajstić information content (AvgIpc) is 2.84. The summed E-state index contributed by atoms with van der Waals surface area (Å²) in [5, 5.41) is 0. The van der Waals surface area contributed by atoms with Crippen LogP contribution in [0.3, 0.4) is 0 Å². The van der Waals surface area contributed by atoms with E-state index in [2.05, 4.69) is 14.9 Å². The van der Waals surface area contributed by atoms with Crippen LogP contribution >= 0.6 is 0 Å². The van der Waals surface area contributed by atoms with Gasteiger partial charge in [0.1, 0.15) is 0 Å². The van der Waals surface area contributed by atoms with Gasteiger partial charge >= 0.3 is 0 Å². The maximum Gasteiger partial charge on any atom is 0.295 e. The quantitative estimate of drug-likeness (QED) is 0.805. The van der Waals surface area contributed by atoms with Crippen molar-refractivity contribution in [3.8, 4) is 5.75 Å². The SMILES string of the molecule is COc1c(N2CC3CCCC(N)C3C2)nc[nH]c1=O. The molecular weight excluding hydrogens is 244 g/mol. The summed E-state index contributed by atoms with van der Waals surface area (Å²) in [5.74, 6) is 2.08. The number of H-pyrrole nitrogens is 1. The average molecular weight is 264 g/mol. The number of fused-ring (bicyclic) bond motifs is 1. The molecule has 19 heavy (non-hydrogen) atoms. The number of nitrogens with zero attached hydrogens (tertiary/aromatic N) is 2. The van der Waals surface area contributed by atoms with Gasteiger partial charge in [-0.05, 0) is 24.7 Å². The molecule has 6 nitrogen and oxygen atoms in total. The van der Waals surface area contributed by atoms with Gasteiger partial charge in [-0.1, -0.05) is 6.42 Å². The molecule has 0 radical (unpaired) electrons. The van der Waals surface area contributed by atoms with Gasteiger partial charge in [-0.3, -0.25) is 4.79 Å². The van der Waals surface area contributed by atoms with Gasteiger partial charge in [-0.2, -0.15) is 0 Å². The Morgan fingerprint density at radius 3 is 3.05 bits per heavy atom. The number of aromatic amines is 1. The molecule has 2 fully saturated rings. The lowest BCUT2D eigenvalue weighted by Gasteiger charge is -2.29. The van der Waals surface area contributed by atoms with Gasteiger partial charge in [0, 0.05) is 19.1 Å². The van der Waals surface area contributed by atoms with E-state index in [0.29, 0.717) is 23.4 Å². The Labute approximate surface area is 112 Å². The number of ether oxygens (including phenoxy) is 1. The molecule has 0 aromatic carbocycles. The number of nitrogens with two attached hydrogens (primary N) is 1. The van der Waals surface area contributed by atoms with Crippen LogP contribution in [-0.2, 0) is 0 Å². The number of anilines is 1. The van der Waals surface area contributed by atoms with Crippen LogP contribution in [-0.4, -0.2) is 36.2 Å². The second-order valence-corrected chi connectivity index (χ2v) is 5.51. The zero-order valence-electron chi connectivity index (χ0n) is 11.1. The fourth-order valence-electron chi connectivity index (χ4n) is 3.48. The molecule has 1 aromatic rings. The molecule has 0 amide bonds. The zero-order chi connectivity index (χ0) is 13.4. The topological polar surface area (TPSA) is 84.2 Å². The first kappa shape index (κ1) is 12.5. The minimum absolute atomic E-state index is 0.230. The number of hydrogen-bond donors (Lipinski definition) is 2. The van der Waals surface area contributed by atoms with Crippen molar-refractivity contribution in [3.63, 3.8) is 0 Å². The Kier molecular flexibility index (Phi) is 3.18. The summed E-state index contributed by atoms with van der Waals surface area (Å²) in [7, 11) is 1.50. The van der Waals surface area contributed by atoms with Crippen molar-refractivity contribution >= 4 is 5.82 Å². The monoisotopic (exact) mass is 264 g/mol. The number of methoxy groups -OCH3 is 1. The Morgan fingerprint density at radius 1 is 1.47 bits per heavy atom. The summed E-state index contributed by atoms with van der Waals surface area (Å²) in [5.41, 5.74) is 5.98. The van der Waals surface area contributed by atoms with E-state index in [1.165, 1.54) is 26.3 Å². The Morgan fingerprint density at radius 2 is 2.32 bits per heavy atom. The van der Waals surface area contributed by atoms with E-state index in [1.807, 2.05) is 0 Å². The number of aromatic nitrogens is 2. The van der Waals surface area contributed by atoms with Crippen LogP contribution in [0.4, 0.5) is 5.82 Å². The molecule has 2 aliphatic rings. The van der Waals surface area contributed by atoms with Gasteiger partial charge in [0.25, 0.3) is 5.56 Å². The van der Waals surface area contributed by atoms with E-state index >= 15 is 0 Å². The van der Waals surface area contributed by atoms with E-state index in [1.54, 1.807) is 0 Å².